The average Bonchev–Trinajstić information content (AvgIpc) is 2.31. The Morgan fingerprint density at radius 1 is 1.62 bits per heavy atom. The lowest BCUT2D eigenvalue weighted by atomic mass is 9.92. The fourth-order valence-corrected chi connectivity index (χ4v) is 0.945. The highest BCUT2D eigenvalue weighted by Crippen LogP contribution is 2.20. The predicted molar refractivity (Wildman–Crippen MR) is 46.6 cm³/mol. The van der Waals surface area contributed by atoms with Crippen molar-refractivity contribution in [3.63, 3.8) is 0 Å². The second-order valence-electron chi connectivity index (χ2n) is 4.16. The molecule has 13 heavy (non-hydrogen) atoms. The van der Waals surface area contributed by atoms with Crippen LogP contribution in [0.1, 0.15) is 37.2 Å². The van der Waals surface area contributed by atoms with Gasteiger partial charge >= 0.3 is 5.97 Å². The van der Waals surface area contributed by atoms with Crippen LogP contribution in [0.4, 0.5) is 0 Å². The van der Waals surface area contributed by atoms with E-state index in [1.165, 1.54) is 6.20 Å². The van der Waals surface area contributed by atoms with E-state index in [4.69, 9.17) is 9.52 Å². The first-order valence-corrected chi connectivity index (χ1v) is 4.06. The molecule has 0 aromatic carbocycles. The van der Waals surface area contributed by atoms with Gasteiger partial charge in [0.25, 0.3) is 0 Å². The lowest BCUT2D eigenvalue weighted by Gasteiger charge is -2.14. The maximum Gasteiger partial charge on any atom is 0.373 e. The van der Waals surface area contributed by atoms with E-state index < -0.39 is 5.97 Å². The van der Waals surface area contributed by atoms with Crippen molar-refractivity contribution in [1.29, 1.82) is 0 Å². The Bertz CT molecular complexity index is 309. The molecule has 0 bridgehead atoms. The Labute approximate surface area is 76.6 Å². The number of carbonyl (C=O) groups is 1. The smallest absolute Gasteiger partial charge is 0.373 e. The van der Waals surface area contributed by atoms with Gasteiger partial charge in [-0.1, -0.05) is 20.8 Å². The maximum absolute atomic E-state index is 10.4. The number of hydrogen-bond acceptors (Lipinski definition) is 3. The van der Waals surface area contributed by atoms with Crippen molar-refractivity contribution in [3.05, 3.63) is 17.8 Å². The first-order valence-electron chi connectivity index (χ1n) is 4.06. The highest BCUT2D eigenvalue weighted by atomic mass is 16.4. The molecule has 0 saturated carbocycles. The third-order valence-corrected chi connectivity index (χ3v) is 1.45. The molecule has 0 saturated heterocycles. The quantitative estimate of drug-likeness (QED) is 0.761. The monoisotopic (exact) mass is 183 g/mol. The van der Waals surface area contributed by atoms with Gasteiger partial charge in [0.1, 0.15) is 0 Å². The fourth-order valence-electron chi connectivity index (χ4n) is 0.945. The molecule has 0 aliphatic heterocycles. The summed E-state index contributed by atoms with van der Waals surface area (Å²) in [5.41, 5.74) is 0.0562. The molecule has 0 aliphatic rings. The van der Waals surface area contributed by atoms with Crippen LogP contribution < -0.4 is 0 Å². The van der Waals surface area contributed by atoms with Crippen LogP contribution in [0, 0.1) is 5.41 Å². The molecule has 0 spiro atoms. The summed E-state index contributed by atoms with van der Waals surface area (Å²) in [6.45, 7) is 6.12. The summed E-state index contributed by atoms with van der Waals surface area (Å²) in [6, 6.07) is 0. The number of aromatic nitrogens is 1. The Morgan fingerprint density at radius 2 is 2.23 bits per heavy atom. The van der Waals surface area contributed by atoms with E-state index in [-0.39, 0.29) is 11.2 Å². The lowest BCUT2D eigenvalue weighted by Crippen LogP contribution is -2.09. The molecule has 0 amide bonds. The van der Waals surface area contributed by atoms with E-state index in [2.05, 4.69) is 4.98 Å². The van der Waals surface area contributed by atoms with Crippen LogP contribution in [0.25, 0.3) is 0 Å². The topological polar surface area (TPSA) is 63.3 Å². The number of aromatic carboxylic acids is 1. The van der Waals surface area contributed by atoms with Gasteiger partial charge in [0, 0.05) is 6.42 Å². The summed E-state index contributed by atoms with van der Waals surface area (Å²) in [7, 11) is 0. The standard InChI is InChI=1S/C9H13NO3/c1-9(2,3)4-7-10-5-6(13-7)8(11)12/h5H,4H2,1-3H3,(H,11,12). The van der Waals surface area contributed by atoms with E-state index in [1.54, 1.807) is 0 Å². The van der Waals surface area contributed by atoms with Crippen LogP contribution in [-0.2, 0) is 6.42 Å². The van der Waals surface area contributed by atoms with Gasteiger partial charge in [0.15, 0.2) is 5.89 Å². The second kappa shape index (κ2) is 3.20. The first kappa shape index (κ1) is 9.77. The van der Waals surface area contributed by atoms with E-state index in [9.17, 15) is 4.79 Å². The van der Waals surface area contributed by atoms with Crippen LogP contribution in [0.5, 0.6) is 0 Å². The number of hydrogen-bond donors (Lipinski definition) is 1. The zero-order valence-electron chi connectivity index (χ0n) is 8.00. The van der Waals surface area contributed by atoms with Crippen molar-refractivity contribution in [2.24, 2.45) is 5.41 Å². The number of carboxylic acids is 1. The minimum atomic E-state index is -1.08. The van der Waals surface area contributed by atoms with Gasteiger partial charge in [-0.25, -0.2) is 9.78 Å². The number of rotatable bonds is 2. The van der Waals surface area contributed by atoms with Crippen LogP contribution >= 0.6 is 0 Å². The zero-order chi connectivity index (χ0) is 10.1. The van der Waals surface area contributed by atoms with Crippen molar-refractivity contribution in [2.45, 2.75) is 27.2 Å². The van der Waals surface area contributed by atoms with Gasteiger partial charge in [-0.05, 0) is 5.41 Å². The summed E-state index contributed by atoms with van der Waals surface area (Å²) in [4.78, 5) is 14.3. The molecule has 0 unspecified atom stereocenters. The number of oxazole rings is 1. The minimum Gasteiger partial charge on any atom is -0.475 e. The van der Waals surface area contributed by atoms with Gasteiger partial charge < -0.3 is 9.52 Å². The van der Waals surface area contributed by atoms with Gasteiger partial charge in [-0.2, -0.15) is 0 Å². The summed E-state index contributed by atoms with van der Waals surface area (Å²) in [5, 5.41) is 8.56. The molecule has 4 nitrogen and oxygen atoms in total. The zero-order valence-corrected chi connectivity index (χ0v) is 8.00. The average molecular weight is 183 g/mol. The van der Waals surface area contributed by atoms with Crippen molar-refractivity contribution in [2.75, 3.05) is 0 Å². The Kier molecular flexibility index (Phi) is 2.40. The summed E-state index contributed by atoms with van der Waals surface area (Å²) in [6.07, 6.45) is 1.88. The predicted octanol–water partition coefficient (Wildman–Crippen LogP) is 1.96. The van der Waals surface area contributed by atoms with Crippen LogP contribution in [0.2, 0.25) is 0 Å². The van der Waals surface area contributed by atoms with Crippen molar-refractivity contribution in [3.8, 4) is 0 Å². The molecule has 1 N–H and O–H groups in total. The highest BCUT2D eigenvalue weighted by molar-refractivity contribution is 5.83. The molecular formula is C9H13NO3. The molecule has 72 valence electrons. The molecule has 4 heteroatoms. The Hall–Kier alpha value is -1.32. The Morgan fingerprint density at radius 3 is 2.62 bits per heavy atom. The fraction of sp³-hybridized carbons (Fsp3) is 0.556. The molecule has 1 aromatic heterocycles. The summed E-state index contributed by atoms with van der Waals surface area (Å²) in [5.74, 6) is -0.697. The Balaban J connectivity index is 2.75. The normalized spacial score (nSPS) is 11.6. The molecule has 0 fully saturated rings. The van der Waals surface area contributed by atoms with E-state index in [1.807, 2.05) is 20.8 Å². The van der Waals surface area contributed by atoms with Gasteiger partial charge in [0.2, 0.25) is 5.76 Å². The minimum absolute atomic E-state index is 0.0562. The van der Waals surface area contributed by atoms with Crippen LogP contribution in [-0.4, -0.2) is 16.1 Å². The SMILES string of the molecule is CC(C)(C)Cc1ncc(C(=O)O)o1. The summed E-state index contributed by atoms with van der Waals surface area (Å²) < 4.78 is 5.01. The van der Waals surface area contributed by atoms with Crippen LogP contribution in [0.15, 0.2) is 10.6 Å². The van der Waals surface area contributed by atoms with E-state index in [0.717, 1.165) is 0 Å². The third-order valence-electron chi connectivity index (χ3n) is 1.45. The third kappa shape index (κ3) is 2.89. The van der Waals surface area contributed by atoms with Gasteiger partial charge in [-0.15, -0.1) is 0 Å². The molecule has 0 radical (unpaired) electrons. The van der Waals surface area contributed by atoms with Crippen molar-refractivity contribution < 1.29 is 14.3 Å². The van der Waals surface area contributed by atoms with Gasteiger partial charge in [0.05, 0.1) is 6.20 Å². The number of nitrogens with zero attached hydrogens (tertiary/aromatic N) is 1. The van der Waals surface area contributed by atoms with Crippen molar-refractivity contribution >= 4 is 5.97 Å². The molecule has 1 aromatic rings. The van der Waals surface area contributed by atoms with Gasteiger partial charge in [-0.3, -0.25) is 0 Å². The lowest BCUT2D eigenvalue weighted by molar-refractivity contribution is 0.0659. The molecule has 1 heterocycles. The number of carboxylic acid groups (broad SMARTS) is 1. The first-order chi connectivity index (χ1) is 5.88. The largest absolute Gasteiger partial charge is 0.475 e. The van der Waals surface area contributed by atoms with Crippen molar-refractivity contribution in [1.82, 2.24) is 4.98 Å². The van der Waals surface area contributed by atoms with E-state index in [0.29, 0.717) is 12.3 Å². The maximum atomic E-state index is 10.4. The molecule has 1 rings (SSSR count). The second-order valence-corrected chi connectivity index (χ2v) is 4.16. The molecule has 0 aliphatic carbocycles. The van der Waals surface area contributed by atoms with Crippen LogP contribution in [0.3, 0.4) is 0 Å². The summed E-state index contributed by atoms with van der Waals surface area (Å²) >= 11 is 0. The van der Waals surface area contributed by atoms with E-state index >= 15 is 0 Å². The molecular weight excluding hydrogens is 170 g/mol. The highest BCUT2D eigenvalue weighted by Gasteiger charge is 2.17. The molecule has 0 atom stereocenters.